The molecule has 0 aliphatic heterocycles. The fourth-order valence-electron chi connectivity index (χ4n) is 1.94. The van der Waals surface area contributed by atoms with Gasteiger partial charge in [-0.3, -0.25) is 15.6 Å². The van der Waals surface area contributed by atoms with Crippen molar-refractivity contribution in [3.05, 3.63) is 42.0 Å². The maximum Gasteiger partial charge on any atom is 0.272 e. The van der Waals surface area contributed by atoms with E-state index in [0.29, 0.717) is 0 Å². The summed E-state index contributed by atoms with van der Waals surface area (Å²) in [4.78, 5) is 21.2. The maximum atomic E-state index is 13.6. The smallest absolute Gasteiger partial charge is 0.272 e. The molecule has 1 amide bonds. The second-order valence-electron chi connectivity index (χ2n) is 4.69. The number of halogens is 1. The lowest BCUT2D eigenvalue weighted by Gasteiger charge is -2.20. The lowest BCUT2D eigenvalue weighted by Crippen LogP contribution is -2.32. The van der Waals surface area contributed by atoms with Crippen LogP contribution in [0, 0.1) is 28.5 Å². The largest absolute Gasteiger partial charge is 0.393 e. The van der Waals surface area contributed by atoms with Crippen LogP contribution in [0.25, 0.3) is 0 Å². The van der Waals surface area contributed by atoms with Crippen LogP contribution < -0.4 is 21.5 Å². The summed E-state index contributed by atoms with van der Waals surface area (Å²) in [5, 5.41) is 17.6. The molecule has 0 bridgehead atoms. The van der Waals surface area contributed by atoms with Crippen LogP contribution in [0.2, 0.25) is 0 Å². The normalized spacial score (nSPS) is 9.56. The van der Waals surface area contributed by atoms with Crippen LogP contribution in [0.4, 0.5) is 21.7 Å². The zero-order valence-electron chi connectivity index (χ0n) is 12.9. The van der Waals surface area contributed by atoms with E-state index >= 15 is 0 Å². The monoisotopic (exact) mass is 340 g/mol. The highest BCUT2D eigenvalue weighted by Crippen LogP contribution is 2.25. The predicted molar refractivity (Wildman–Crippen MR) is 87.4 cm³/mol. The molecule has 0 atom stereocenters. The minimum absolute atomic E-state index is 0.0295. The van der Waals surface area contributed by atoms with Crippen LogP contribution in [-0.4, -0.2) is 29.0 Å². The molecule has 4 N–H and O–H groups in total. The number of nitrogen functional groups attached to an aromatic ring is 1. The SMILES string of the molecule is N#CCN(CC#N)c1ncnc(NNC(=O)c2ccccc2F)c1N. The molecular weight excluding hydrogens is 327 g/mol. The molecule has 9 nitrogen and oxygen atoms in total. The maximum absolute atomic E-state index is 13.6. The number of nitrogens with one attached hydrogen (secondary N) is 2. The van der Waals surface area contributed by atoms with Gasteiger partial charge >= 0.3 is 0 Å². The van der Waals surface area contributed by atoms with Crippen molar-refractivity contribution in [2.75, 3.05) is 29.1 Å². The Hall–Kier alpha value is -3.92. The van der Waals surface area contributed by atoms with Gasteiger partial charge in [-0.25, -0.2) is 14.4 Å². The third-order valence-electron chi connectivity index (χ3n) is 3.10. The van der Waals surface area contributed by atoms with Gasteiger partial charge in [-0.2, -0.15) is 10.5 Å². The average Bonchev–Trinajstić information content (AvgIpc) is 2.61. The number of hydrazine groups is 1. The number of amides is 1. The van der Waals surface area contributed by atoms with Gasteiger partial charge in [0.15, 0.2) is 11.6 Å². The van der Waals surface area contributed by atoms with E-state index in [4.69, 9.17) is 16.3 Å². The Balaban J connectivity index is 2.17. The third-order valence-corrected chi connectivity index (χ3v) is 3.10. The van der Waals surface area contributed by atoms with E-state index in [-0.39, 0.29) is 36.0 Å². The lowest BCUT2D eigenvalue weighted by atomic mass is 10.2. The van der Waals surface area contributed by atoms with Crippen LogP contribution in [0.3, 0.4) is 0 Å². The van der Waals surface area contributed by atoms with E-state index in [1.165, 1.54) is 23.1 Å². The fourth-order valence-corrected chi connectivity index (χ4v) is 1.94. The molecule has 126 valence electrons. The van der Waals surface area contributed by atoms with Crippen LogP contribution in [-0.2, 0) is 0 Å². The van der Waals surface area contributed by atoms with E-state index in [0.717, 1.165) is 12.4 Å². The molecule has 0 saturated heterocycles. The van der Waals surface area contributed by atoms with Crippen molar-refractivity contribution in [2.24, 2.45) is 0 Å². The zero-order chi connectivity index (χ0) is 18.2. The molecular formula is C15H13FN8O. The number of anilines is 3. The number of benzene rings is 1. The van der Waals surface area contributed by atoms with E-state index in [2.05, 4.69) is 20.8 Å². The predicted octanol–water partition coefficient (Wildman–Crippen LogP) is 0.808. The first-order chi connectivity index (χ1) is 12.1. The van der Waals surface area contributed by atoms with Crippen molar-refractivity contribution >= 4 is 23.2 Å². The van der Waals surface area contributed by atoms with Crippen molar-refractivity contribution in [1.82, 2.24) is 15.4 Å². The first-order valence-electron chi connectivity index (χ1n) is 6.98. The van der Waals surface area contributed by atoms with E-state index < -0.39 is 11.7 Å². The Bertz CT molecular complexity index is 841. The summed E-state index contributed by atoms with van der Waals surface area (Å²) in [6, 6.07) is 9.28. The van der Waals surface area contributed by atoms with Crippen molar-refractivity contribution < 1.29 is 9.18 Å². The highest BCUT2D eigenvalue weighted by atomic mass is 19.1. The molecule has 1 aromatic carbocycles. The van der Waals surface area contributed by atoms with Gasteiger partial charge in [0.1, 0.15) is 30.9 Å². The molecule has 0 spiro atoms. The van der Waals surface area contributed by atoms with Crippen LogP contribution in [0.5, 0.6) is 0 Å². The highest BCUT2D eigenvalue weighted by molar-refractivity contribution is 5.95. The molecule has 2 rings (SSSR count). The van der Waals surface area contributed by atoms with Gasteiger partial charge in [-0.1, -0.05) is 12.1 Å². The summed E-state index contributed by atoms with van der Waals surface area (Å²) in [5.74, 6) is -1.17. The first-order valence-corrected chi connectivity index (χ1v) is 6.98. The Kier molecular flexibility index (Phi) is 5.63. The van der Waals surface area contributed by atoms with Crippen molar-refractivity contribution in [3.63, 3.8) is 0 Å². The number of nitriles is 2. The fraction of sp³-hybridized carbons (Fsp3) is 0.133. The lowest BCUT2D eigenvalue weighted by molar-refractivity contribution is 0.0958. The minimum Gasteiger partial charge on any atom is -0.393 e. The summed E-state index contributed by atoms with van der Waals surface area (Å²) in [6.07, 6.45) is 1.16. The Morgan fingerprint density at radius 1 is 1.24 bits per heavy atom. The van der Waals surface area contributed by atoms with Gasteiger partial charge in [0.2, 0.25) is 0 Å². The summed E-state index contributed by atoms with van der Waals surface area (Å²) in [6.45, 7) is -0.203. The molecule has 2 aromatic rings. The number of carbonyl (C=O) groups is 1. The Labute approximate surface area is 142 Å². The number of nitrogens with zero attached hydrogens (tertiary/aromatic N) is 5. The Morgan fingerprint density at radius 3 is 2.56 bits per heavy atom. The van der Waals surface area contributed by atoms with E-state index in [1.807, 2.05) is 12.1 Å². The molecule has 0 aliphatic rings. The van der Waals surface area contributed by atoms with Gasteiger partial charge in [0.25, 0.3) is 5.91 Å². The summed E-state index contributed by atoms with van der Waals surface area (Å²) in [7, 11) is 0. The van der Waals surface area contributed by atoms with Crippen molar-refractivity contribution in [2.45, 2.75) is 0 Å². The molecule has 0 saturated carbocycles. The number of rotatable bonds is 6. The molecule has 0 fully saturated rings. The van der Waals surface area contributed by atoms with Crippen LogP contribution in [0.1, 0.15) is 10.4 Å². The van der Waals surface area contributed by atoms with Crippen LogP contribution >= 0.6 is 0 Å². The number of carbonyl (C=O) groups excluding carboxylic acids is 1. The average molecular weight is 340 g/mol. The van der Waals surface area contributed by atoms with Gasteiger partial charge in [0.05, 0.1) is 17.7 Å². The minimum atomic E-state index is -0.719. The molecule has 25 heavy (non-hydrogen) atoms. The summed E-state index contributed by atoms with van der Waals surface area (Å²) < 4.78 is 13.6. The highest BCUT2D eigenvalue weighted by Gasteiger charge is 2.16. The quantitative estimate of drug-likeness (QED) is 0.517. The number of hydrogen-bond donors (Lipinski definition) is 3. The number of nitrogens with two attached hydrogens (primary N) is 1. The van der Waals surface area contributed by atoms with Crippen molar-refractivity contribution in [1.29, 1.82) is 10.5 Å². The summed E-state index contributed by atoms with van der Waals surface area (Å²) in [5.41, 5.74) is 10.6. The molecule has 0 unspecified atom stereocenters. The Morgan fingerprint density at radius 2 is 1.92 bits per heavy atom. The van der Waals surface area contributed by atoms with E-state index in [9.17, 15) is 9.18 Å². The summed E-state index contributed by atoms with van der Waals surface area (Å²) >= 11 is 0. The molecule has 0 radical (unpaired) electrons. The third kappa shape index (κ3) is 4.09. The van der Waals surface area contributed by atoms with Gasteiger partial charge in [-0.15, -0.1) is 0 Å². The van der Waals surface area contributed by atoms with Gasteiger partial charge in [0, 0.05) is 0 Å². The second kappa shape index (κ2) is 8.08. The zero-order valence-corrected chi connectivity index (χ0v) is 12.9. The molecule has 1 aromatic heterocycles. The van der Waals surface area contributed by atoms with Gasteiger partial charge < -0.3 is 10.6 Å². The number of aromatic nitrogens is 2. The molecule has 0 aliphatic carbocycles. The first kappa shape index (κ1) is 17.4. The van der Waals surface area contributed by atoms with Crippen molar-refractivity contribution in [3.8, 4) is 12.1 Å². The van der Waals surface area contributed by atoms with E-state index in [1.54, 1.807) is 0 Å². The topological polar surface area (TPSA) is 144 Å². The molecule has 1 heterocycles. The van der Waals surface area contributed by atoms with Gasteiger partial charge in [-0.05, 0) is 12.1 Å². The molecule has 10 heteroatoms. The number of hydrogen-bond acceptors (Lipinski definition) is 8. The second-order valence-corrected chi connectivity index (χ2v) is 4.69. The van der Waals surface area contributed by atoms with Crippen LogP contribution in [0.15, 0.2) is 30.6 Å². The standard InChI is InChI=1S/C15H13FN8O/c16-11-4-2-1-3-10(11)15(25)23-22-13-12(19)14(21-9-20-13)24(7-5-17)8-6-18/h1-4,9H,7-8,19H2,(H,23,25)(H,20,21,22).